The molecule has 4 aliphatic carbocycles. The lowest BCUT2D eigenvalue weighted by Crippen LogP contribution is -2.55. The summed E-state index contributed by atoms with van der Waals surface area (Å²) >= 11 is 0. The molecule has 6 heteroatoms. The Morgan fingerprint density at radius 1 is 1.17 bits per heavy atom. The van der Waals surface area contributed by atoms with Gasteiger partial charge in [0.05, 0.1) is 13.2 Å². The third-order valence-corrected chi connectivity index (χ3v) is 6.53. The van der Waals surface area contributed by atoms with Gasteiger partial charge in [-0.2, -0.15) is 0 Å². The molecule has 0 heterocycles. The molecule has 0 aliphatic heterocycles. The van der Waals surface area contributed by atoms with Crippen molar-refractivity contribution in [2.75, 3.05) is 7.11 Å². The molecule has 2 saturated carbocycles. The van der Waals surface area contributed by atoms with E-state index in [9.17, 15) is 24.6 Å². The fraction of sp³-hybridized carbons (Fsp3) is 0.611. The average Bonchev–Trinajstić information content (AvgIpc) is 3.17. The molecule has 6 nitrogen and oxygen atoms in total. The molecule has 2 N–H and O–H groups in total. The van der Waals surface area contributed by atoms with Crippen molar-refractivity contribution in [3.05, 3.63) is 23.5 Å². The molecule has 0 radical (unpaired) electrons. The number of esters is 1. The third-order valence-electron chi connectivity index (χ3n) is 6.53. The minimum Gasteiger partial charge on any atom is -0.504 e. The fourth-order valence-electron chi connectivity index (χ4n) is 5.56. The zero-order valence-electron chi connectivity index (χ0n) is 13.5. The van der Waals surface area contributed by atoms with Crippen LogP contribution in [0.15, 0.2) is 23.5 Å². The van der Waals surface area contributed by atoms with Crippen LogP contribution in [0.1, 0.15) is 13.3 Å². The van der Waals surface area contributed by atoms with Crippen LogP contribution in [0, 0.1) is 41.4 Å². The number of fused-ring (bicyclic) bond motifs is 6. The number of methoxy groups -OCH3 is 1. The molecule has 8 unspecified atom stereocenters. The normalized spacial score (nSPS) is 46.1. The summed E-state index contributed by atoms with van der Waals surface area (Å²) in [5.74, 6) is -4.74. The summed E-state index contributed by atoms with van der Waals surface area (Å²) in [4.78, 5) is 37.3. The van der Waals surface area contributed by atoms with Gasteiger partial charge in [0.1, 0.15) is 5.92 Å². The van der Waals surface area contributed by atoms with Gasteiger partial charge in [0.15, 0.2) is 11.5 Å². The molecule has 128 valence electrons. The summed E-state index contributed by atoms with van der Waals surface area (Å²) in [6.45, 7) is 1.93. The van der Waals surface area contributed by atoms with Crippen LogP contribution in [-0.4, -0.2) is 41.0 Å². The SMILES string of the molecule is COC(=O)C1C(=O)C(O)=C2C(=O)C3C4C=CC(C4)C3C(C)C2C1O. The van der Waals surface area contributed by atoms with E-state index in [-0.39, 0.29) is 40.9 Å². The predicted molar refractivity (Wildman–Crippen MR) is 81.6 cm³/mol. The van der Waals surface area contributed by atoms with Crippen LogP contribution in [-0.2, 0) is 19.1 Å². The highest BCUT2D eigenvalue weighted by molar-refractivity contribution is 6.14. The van der Waals surface area contributed by atoms with Gasteiger partial charge in [-0.1, -0.05) is 19.1 Å². The first-order valence-corrected chi connectivity index (χ1v) is 8.34. The summed E-state index contributed by atoms with van der Waals surface area (Å²) in [7, 11) is 1.13. The number of carbonyl (C=O) groups is 3. The molecule has 0 aromatic rings. The molecule has 4 aliphatic rings. The van der Waals surface area contributed by atoms with Gasteiger partial charge in [-0.15, -0.1) is 0 Å². The number of Topliss-reactive ketones (excluding diaryl/α,β-unsaturated/α-hetero) is 2. The van der Waals surface area contributed by atoms with E-state index >= 15 is 0 Å². The molecule has 0 aromatic carbocycles. The molecule has 4 rings (SSSR count). The maximum atomic E-state index is 13.0. The van der Waals surface area contributed by atoms with Crippen molar-refractivity contribution < 1.29 is 29.3 Å². The van der Waals surface area contributed by atoms with E-state index in [1.54, 1.807) is 0 Å². The Labute approximate surface area is 139 Å². The second kappa shape index (κ2) is 5.02. The minimum absolute atomic E-state index is 0.0161. The van der Waals surface area contributed by atoms with Crippen LogP contribution < -0.4 is 0 Å². The molecule has 0 amide bonds. The second-order valence-corrected chi connectivity index (χ2v) is 7.42. The van der Waals surface area contributed by atoms with Crippen molar-refractivity contribution in [1.82, 2.24) is 0 Å². The summed E-state index contributed by atoms with van der Waals surface area (Å²) < 4.78 is 4.61. The lowest BCUT2D eigenvalue weighted by Gasteiger charge is -2.47. The van der Waals surface area contributed by atoms with Gasteiger partial charge in [0.25, 0.3) is 0 Å². The first-order chi connectivity index (χ1) is 11.4. The van der Waals surface area contributed by atoms with E-state index < -0.39 is 35.5 Å². The first-order valence-electron chi connectivity index (χ1n) is 8.34. The molecular weight excluding hydrogens is 312 g/mol. The Morgan fingerprint density at radius 3 is 2.50 bits per heavy atom. The Morgan fingerprint density at radius 2 is 1.83 bits per heavy atom. The van der Waals surface area contributed by atoms with Gasteiger partial charge in [0, 0.05) is 17.4 Å². The van der Waals surface area contributed by atoms with Crippen molar-refractivity contribution in [3.8, 4) is 0 Å². The summed E-state index contributed by atoms with van der Waals surface area (Å²) in [5.41, 5.74) is 0.0161. The largest absolute Gasteiger partial charge is 0.504 e. The predicted octanol–water partition coefficient (Wildman–Crippen LogP) is 0.805. The number of carbonyl (C=O) groups excluding carboxylic acids is 3. The van der Waals surface area contributed by atoms with Gasteiger partial charge in [-0.25, -0.2) is 0 Å². The quantitative estimate of drug-likeness (QED) is 0.418. The number of ether oxygens (including phenoxy) is 1. The molecule has 0 spiro atoms. The van der Waals surface area contributed by atoms with Crippen LogP contribution in [0.25, 0.3) is 0 Å². The summed E-state index contributed by atoms with van der Waals surface area (Å²) in [6, 6.07) is 0. The van der Waals surface area contributed by atoms with E-state index in [1.165, 1.54) is 0 Å². The first kappa shape index (κ1) is 15.6. The molecule has 2 bridgehead atoms. The number of aliphatic hydroxyl groups is 2. The third kappa shape index (κ3) is 1.72. The highest BCUT2D eigenvalue weighted by atomic mass is 16.5. The van der Waals surface area contributed by atoms with Crippen molar-refractivity contribution in [1.29, 1.82) is 0 Å². The fourth-order valence-corrected chi connectivity index (χ4v) is 5.56. The van der Waals surface area contributed by atoms with Crippen molar-refractivity contribution in [3.63, 3.8) is 0 Å². The molecule has 8 atom stereocenters. The van der Waals surface area contributed by atoms with Gasteiger partial charge in [0.2, 0.25) is 5.78 Å². The Balaban J connectivity index is 1.83. The number of hydrogen-bond acceptors (Lipinski definition) is 6. The zero-order chi connectivity index (χ0) is 17.3. The van der Waals surface area contributed by atoms with Crippen molar-refractivity contribution in [2.45, 2.75) is 19.4 Å². The maximum absolute atomic E-state index is 13.0. The van der Waals surface area contributed by atoms with Gasteiger partial charge >= 0.3 is 5.97 Å². The molecule has 2 fully saturated rings. The van der Waals surface area contributed by atoms with Crippen molar-refractivity contribution in [2.24, 2.45) is 41.4 Å². The van der Waals surface area contributed by atoms with E-state index in [4.69, 9.17) is 0 Å². The zero-order valence-corrected chi connectivity index (χ0v) is 13.5. The monoisotopic (exact) mass is 332 g/mol. The summed E-state index contributed by atoms with van der Waals surface area (Å²) in [6.07, 6.45) is 3.73. The number of allylic oxidation sites excluding steroid dienone is 3. The number of ketones is 2. The standard InChI is InChI=1S/C18H20O6/c1-6-9-7-3-4-8(5-7)11(9)15(20)12-10(6)14(19)13(18(23)24-2)17(22)16(12)21/h3-4,6-11,13-14,19,21H,5H2,1-2H3. The number of hydrogen-bond donors (Lipinski definition) is 2. The van der Waals surface area contributed by atoms with Crippen LogP contribution in [0.5, 0.6) is 0 Å². The van der Waals surface area contributed by atoms with Gasteiger partial charge in [-0.05, 0) is 30.1 Å². The maximum Gasteiger partial charge on any atom is 0.319 e. The average molecular weight is 332 g/mol. The lowest BCUT2D eigenvalue weighted by molar-refractivity contribution is -0.159. The molecular formula is C18H20O6. The van der Waals surface area contributed by atoms with Crippen LogP contribution in [0.3, 0.4) is 0 Å². The Kier molecular flexibility index (Phi) is 3.26. The molecule has 24 heavy (non-hydrogen) atoms. The van der Waals surface area contributed by atoms with E-state index in [1.807, 2.05) is 13.0 Å². The van der Waals surface area contributed by atoms with E-state index in [0.29, 0.717) is 0 Å². The van der Waals surface area contributed by atoms with Gasteiger partial charge in [-0.3, -0.25) is 14.4 Å². The van der Waals surface area contributed by atoms with Crippen LogP contribution >= 0.6 is 0 Å². The van der Waals surface area contributed by atoms with Gasteiger partial charge < -0.3 is 14.9 Å². The Hall–Kier alpha value is -1.95. The second-order valence-electron chi connectivity index (χ2n) is 7.42. The number of aliphatic hydroxyl groups excluding tert-OH is 2. The summed E-state index contributed by atoms with van der Waals surface area (Å²) in [5, 5.41) is 21.1. The van der Waals surface area contributed by atoms with Crippen LogP contribution in [0.2, 0.25) is 0 Å². The highest BCUT2D eigenvalue weighted by Gasteiger charge is 2.61. The van der Waals surface area contributed by atoms with Crippen molar-refractivity contribution >= 4 is 17.5 Å². The smallest absolute Gasteiger partial charge is 0.319 e. The highest BCUT2D eigenvalue weighted by Crippen LogP contribution is 2.59. The van der Waals surface area contributed by atoms with Crippen LogP contribution in [0.4, 0.5) is 0 Å². The van der Waals surface area contributed by atoms with E-state index in [2.05, 4.69) is 10.8 Å². The minimum atomic E-state index is -1.47. The van der Waals surface area contributed by atoms with E-state index in [0.717, 1.165) is 13.5 Å². The number of rotatable bonds is 1. The molecule has 0 saturated heterocycles. The molecule has 0 aromatic heterocycles. The Bertz CT molecular complexity index is 704. The lowest BCUT2D eigenvalue weighted by atomic mass is 9.56. The topological polar surface area (TPSA) is 101 Å².